The van der Waals surface area contributed by atoms with E-state index in [1.807, 2.05) is 30.3 Å². The van der Waals surface area contributed by atoms with Crippen LogP contribution in [0.3, 0.4) is 0 Å². The average molecular weight is 535 g/mol. The number of carbonyl (C=O) groups excluding carboxylic acids is 1. The molecule has 0 atom stereocenters. The molecule has 0 unspecified atom stereocenters. The van der Waals surface area contributed by atoms with Crippen molar-refractivity contribution in [3.8, 4) is 17.4 Å². The fourth-order valence-corrected chi connectivity index (χ4v) is 4.17. The van der Waals surface area contributed by atoms with Crippen LogP contribution in [0.15, 0.2) is 81.3 Å². The summed E-state index contributed by atoms with van der Waals surface area (Å²) in [5.41, 5.74) is 1.40. The third kappa shape index (κ3) is 5.64. The summed E-state index contributed by atoms with van der Waals surface area (Å²) >= 11 is 4.74. The van der Waals surface area contributed by atoms with Gasteiger partial charge in [-0.15, -0.1) is 11.3 Å². The number of benzene rings is 2. The molecule has 0 bridgehead atoms. The fourth-order valence-electron chi connectivity index (χ4n) is 3.06. The number of aromatic nitrogens is 1. The Morgan fingerprint density at radius 1 is 1.24 bits per heavy atom. The minimum Gasteiger partial charge on any atom is -0.457 e. The molecule has 8 nitrogen and oxygen atoms in total. The van der Waals surface area contributed by atoms with Crippen LogP contribution in [0.25, 0.3) is 17.4 Å². The summed E-state index contributed by atoms with van der Waals surface area (Å²) < 4.78 is 6.67. The fraction of sp³-hybridized carbons (Fsp3) is 0.0417. The number of hydrogen-bond acceptors (Lipinski definition) is 7. The number of halogens is 1. The highest BCUT2D eigenvalue weighted by Gasteiger charge is 2.14. The molecule has 10 heteroatoms. The number of amides is 1. The van der Waals surface area contributed by atoms with Gasteiger partial charge in [0.05, 0.1) is 4.92 Å². The maximum atomic E-state index is 12.6. The molecule has 4 rings (SSSR count). The Labute approximate surface area is 206 Å². The number of nitro benzene ring substituents is 1. The van der Waals surface area contributed by atoms with Crippen molar-refractivity contribution in [3.63, 3.8) is 0 Å². The van der Waals surface area contributed by atoms with Gasteiger partial charge < -0.3 is 4.42 Å². The van der Waals surface area contributed by atoms with Crippen LogP contribution in [0.2, 0.25) is 0 Å². The zero-order valence-electron chi connectivity index (χ0n) is 17.4. The molecule has 1 amide bonds. The van der Waals surface area contributed by atoms with E-state index in [0.717, 1.165) is 14.9 Å². The highest BCUT2D eigenvalue weighted by Crippen LogP contribution is 2.27. The molecule has 2 heterocycles. The van der Waals surface area contributed by atoms with E-state index >= 15 is 0 Å². The normalized spacial score (nSPS) is 11.1. The molecule has 0 saturated carbocycles. The lowest BCUT2D eigenvalue weighted by Gasteiger charge is -2.00. The number of anilines is 1. The molecule has 0 radical (unpaired) electrons. The summed E-state index contributed by atoms with van der Waals surface area (Å²) in [4.78, 5) is 28.3. The summed E-state index contributed by atoms with van der Waals surface area (Å²) in [6, 6.07) is 19.0. The van der Waals surface area contributed by atoms with E-state index in [0.29, 0.717) is 22.9 Å². The van der Waals surface area contributed by atoms with Gasteiger partial charge in [-0.25, -0.2) is 4.98 Å². The van der Waals surface area contributed by atoms with E-state index in [-0.39, 0.29) is 17.0 Å². The molecule has 0 aliphatic rings. The van der Waals surface area contributed by atoms with Crippen LogP contribution < -0.4 is 5.32 Å². The molecule has 168 valence electrons. The van der Waals surface area contributed by atoms with Gasteiger partial charge in [0, 0.05) is 45.7 Å². The smallest absolute Gasteiger partial charge is 0.270 e. The number of thiazole rings is 1. The van der Waals surface area contributed by atoms with Gasteiger partial charge in [-0.05, 0) is 29.8 Å². The zero-order valence-corrected chi connectivity index (χ0v) is 19.8. The maximum absolute atomic E-state index is 12.6. The topological polar surface area (TPSA) is 122 Å². The lowest BCUT2D eigenvalue weighted by Crippen LogP contribution is -2.13. The zero-order chi connectivity index (χ0) is 24.1. The SMILES string of the molecule is N#C/C(=C\c1ccc(-c2cccc([N+](=O)[O-])c2)o1)C(=O)Nc1ncc(Cc2ccc(Br)cc2)s1. The van der Waals surface area contributed by atoms with Crippen LogP contribution in [0.1, 0.15) is 16.2 Å². The minimum absolute atomic E-state index is 0.0639. The van der Waals surface area contributed by atoms with Gasteiger partial charge in [0.1, 0.15) is 23.2 Å². The van der Waals surface area contributed by atoms with Crippen molar-refractivity contribution in [1.29, 1.82) is 5.26 Å². The van der Waals surface area contributed by atoms with Gasteiger partial charge in [-0.2, -0.15) is 5.26 Å². The average Bonchev–Trinajstić information content (AvgIpc) is 3.48. The maximum Gasteiger partial charge on any atom is 0.270 e. The van der Waals surface area contributed by atoms with Crippen LogP contribution in [-0.2, 0) is 11.2 Å². The molecule has 2 aromatic heterocycles. The number of nitro groups is 1. The number of furan rings is 1. The van der Waals surface area contributed by atoms with Gasteiger partial charge in [0.2, 0.25) is 0 Å². The van der Waals surface area contributed by atoms with Crippen molar-refractivity contribution < 1.29 is 14.1 Å². The third-order valence-electron chi connectivity index (χ3n) is 4.69. The van der Waals surface area contributed by atoms with Crippen LogP contribution in [0.4, 0.5) is 10.8 Å². The van der Waals surface area contributed by atoms with Crippen molar-refractivity contribution in [3.05, 3.63) is 103 Å². The first-order chi connectivity index (χ1) is 16.4. The Balaban J connectivity index is 1.45. The Morgan fingerprint density at radius 3 is 2.76 bits per heavy atom. The first-order valence-electron chi connectivity index (χ1n) is 9.88. The summed E-state index contributed by atoms with van der Waals surface area (Å²) in [7, 11) is 0. The number of hydrogen-bond donors (Lipinski definition) is 1. The predicted molar refractivity (Wildman–Crippen MR) is 132 cm³/mol. The van der Waals surface area contributed by atoms with E-state index in [9.17, 15) is 20.2 Å². The van der Waals surface area contributed by atoms with Gasteiger partial charge in [0.15, 0.2) is 5.13 Å². The number of nitriles is 1. The van der Waals surface area contributed by atoms with Crippen LogP contribution in [-0.4, -0.2) is 15.8 Å². The molecule has 2 aromatic carbocycles. The van der Waals surface area contributed by atoms with Crippen molar-refractivity contribution >= 4 is 50.1 Å². The minimum atomic E-state index is -0.611. The van der Waals surface area contributed by atoms with Gasteiger partial charge >= 0.3 is 0 Å². The summed E-state index contributed by atoms with van der Waals surface area (Å²) in [5.74, 6) is 0.0359. The summed E-state index contributed by atoms with van der Waals surface area (Å²) in [6.07, 6.45) is 3.68. The molecular weight excluding hydrogens is 520 g/mol. The Kier molecular flexibility index (Phi) is 6.96. The van der Waals surface area contributed by atoms with Crippen molar-refractivity contribution in [1.82, 2.24) is 4.98 Å². The first kappa shape index (κ1) is 23.1. The van der Waals surface area contributed by atoms with Crippen LogP contribution in [0.5, 0.6) is 0 Å². The van der Waals surface area contributed by atoms with Gasteiger partial charge in [-0.1, -0.05) is 40.2 Å². The van der Waals surface area contributed by atoms with Crippen LogP contribution >= 0.6 is 27.3 Å². The van der Waals surface area contributed by atoms with Crippen molar-refractivity contribution in [2.45, 2.75) is 6.42 Å². The molecule has 1 N–H and O–H groups in total. The van der Waals surface area contributed by atoms with Gasteiger partial charge in [-0.3, -0.25) is 20.2 Å². The van der Waals surface area contributed by atoms with Gasteiger partial charge in [0.25, 0.3) is 11.6 Å². The number of nitrogens with zero attached hydrogens (tertiary/aromatic N) is 3. The second-order valence-corrected chi connectivity index (χ2v) is 9.10. The first-order valence-corrected chi connectivity index (χ1v) is 11.5. The van der Waals surface area contributed by atoms with E-state index < -0.39 is 10.8 Å². The number of non-ortho nitro benzene ring substituents is 1. The number of carbonyl (C=O) groups is 1. The summed E-state index contributed by atoms with van der Waals surface area (Å²) in [5, 5.41) is 23.5. The molecule has 4 aromatic rings. The molecule has 0 fully saturated rings. The van der Waals surface area contributed by atoms with Crippen molar-refractivity contribution in [2.75, 3.05) is 5.32 Å². The predicted octanol–water partition coefficient (Wildman–Crippen LogP) is 6.21. The molecule has 0 saturated heterocycles. The van der Waals surface area contributed by atoms with E-state index in [4.69, 9.17) is 4.42 Å². The highest BCUT2D eigenvalue weighted by atomic mass is 79.9. The lowest BCUT2D eigenvalue weighted by atomic mass is 10.1. The summed E-state index contributed by atoms with van der Waals surface area (Å²) in [6.45, 7) is 0. The standard InChI is InChI=1S/C24H15BrN4O4S/c25-18-6-4-15(5-7-18)10-21-14-27-24(34-21)28-23(30)17(13-26)12-20-8-9-22(33-20)16-2-1-3-19(11-16)29(31)32/h1-9,11-12,14H,10H2,(H,27,28,30)/b17-12+. The third-order valence-corrected chi connectivity index (χ3v) is 6.13. The largest absolute Gasteiger partial charge is 0.457 e. The van der Waals surface area contributed by atoms with E-state index in [2.05, 4.69) is 26.2 Å². The van der Waals surface area contributed by atoms with E-state index in [1.54, 1.807) is 30.5 Å². The molecule has 0 aliphatic carbocycles. The second kappa shape index (κ2) is 10.2. The van der Waals surface area contributed by atoms with Crippen LogP contribution in [0, 0.1) is 21.4 Å². The molecule has 34 heavy (non-hydrogen) atoms. The second-order valence-electron chi connectivity index (χ2n) is 7.07. The monoisotopic (exact) mass is 534 g/mol. The number of nitrogens with one attached hydrogen (secondary N) is 1. The number of rotatable bonds is 7. The van der Waals surface area contributed by atoms with Crippen molar-refractivity contribution in [2.24, 2.45) is 0 Å². The quantitative estimate of drug-likeness (QED) is 0.130. The molecule has 0 spiro atoms. The Morgan fingerprint density at radius 2 is 2.03 bits per heavy atom. The lowest BCUT2D eigenvalue weighted by molar-refractivity contribution is -0.384. The Hall–Kier alpha value is -4.07. The van der Waals surface area contributed by atoms with E-state index in [1.165, 1.54) is 29.5 Å². The highest BCUT2D eigenvalue weighted by molar-refractivity contribution is 9.10. The molecule has 0 aliphatic heterocycles. The Bertz CT molecular complexity index is 1430. The molecular formula is C24H15BrN4O4S.